The Hall–Kier alpha value is -3.14. The second-order valence-electron chi connectivity index (χ2n) is 11.5. The predicted molar refractivity (Wildman–Crippen MR) is 196 cm³/mol. The minimum atomic E-state index is 0.0155. The first-order chi connectivity index (χ1) is 25.8. The number of hydrogen-bond donors (Lipinski definition) is 2. The van der Waals surface area contributed by atoms with Crippen LogP contribution >= 0.6 is 0 Å². The van der Waals surface area contributed by atoms with Crippen LogP contribution in [0.5, 0.6) is 11.5 Å². The molecule has 12 nitrogen and oxygen atoms in total. The summed E-state index contributed by atoms with van der Waals surface area (Å²) in [6, 6.07) is 24.1. The molecule has 0 amide bonds. The van der Waals surface area contributed by atoms with Crippen molar-refractivity contribution >= 4 is 0 Å². The molecule has 3 aromatic rings. The fraction of sp³-hybridized carbons (Fsp3) is 0.550. The van der Waals surface area contributed by atoms with E-state index < -0.39 is 0 Å². The van der Waals surface area contributed by atoms with Gasteiger partial charge in [0.2, 0.25) is 0 Å². The Morgan fingerprint density at radius 3 is 1.15 bits per heavy atom. The predicted octanol–water partition coefficient (Wildman–Crippen LogP) is 4.05. The first kappa shape index (κ1) is 43.3. The van der Waals surface area contributed by atoms with E-state index >= 15 is 0 Å². The number of para-hydroxylation sites is 2. The molecule has 0 saturated carbocycles. The fourth-order valence-electron chi connectivity index (χ4n) is 4.89. The van der Waals surface area contributed by atoms with Crippen molar-refractivity contribution in [2.75, 3.05) is 119 Å². The van der Waals surface area contributed by atoms with Gasteiger partial charge in [-0.15, -0.1) is 0 Å². The van der Waals surface area contributed by atoms with Crippen LogP contribution in [0.25, 0.3) is 0 Å². The van der Waals surface area contributed by atoms with Crippen LogP contribution in [0.3, 0.4) is 0 Å². The van der Waals surface area contributed by atoms with Crippen LogP contribution in [0.2, 0.25) is 0 Å². The van der Waals surface area contributed by atoms with Gasteiger partial charge < -0.3 is 57.6 Å². The molecule has 0 radical (unpaired) electrons. The summed E-state index contributed by atoms with van der Waals surface area (Å²) in [5.74, 6) is 1.67. The van der Waals surface area contributed by atoms with Crippen molar-refractivity contribution in [1.29, 1.82) is 0 Å². The van der Waals surface area contributed by atoms with E-state index in [2.05, 4.69) is 6.07 Å². The van der Waals surface area contributed by atoms with Gasteiger partial charge in [0, 0.05) is 0 Å². The highest BCUT2D eigenvalue weighted by molar-refractivity contribution is 5.34. The van der Waals surface area contributed by atoms with Gasteiger partial charge in [-0.1, -0.05) is 60.7 Å². The summed E-state index contributed by atoms with van der Waals surface area (Å²) in [5, 5.41) is 17.4. The van der Waals surface area contributed by atoms with E-state index in [4.69, 9.17) is 57.6 Å². The van der Waals surface area contributed by atoms with Gasteiger partial charge in [-0.25, -0.2) is 0 Å². The summed E-state index contributed by atoms with van der Waals surface area (Å²) >= 11 is 0. The zero-order valence-corrected chi connectivity index (χ0v) is 30.5. The molecule has 52 heavy (non-hydrogen) atoms. The van der Waals surface area contributed by atoms with Crippen LogP contribution in [0.15, 0.2) is 72.8 Å². The summed E-state index contributed by atoms with van der Waals surface area (Å²) in [5.41, 5.74) is 4.35. The normalized spacial score (nSPS) is 11.3. The smallest absolute Gasteiger partial charge is 0.122 e. The summed E-state index contributed by atoms with van der Waals surface area (Å²) in [7, 11) is 0. The number of aliphatic hydroxyl groups is 2. The molecular formula is C40H58O12. The molecule has 2 N–H and O–H groups in total. The Bertz CT molecular complexity index is 1180. The number of aliphatic hydroxyl groups excluding tert-OH is 2. The van der Waals surface area contributed by atoms with Crippen LogP contribution in [-0.2, 0) is 64.0 Å². The van der Waals surface area contributed by atoms with E-state index in [9.17, 15) is 0 Å². The van der Waals surface area contributed by atoms with Gasteiger partial charge in [-0.2, -0.15) is 0 Å². The van der Waals surface area contributed by atoms with Crippen molar-refractivity contribution < 1.29 is 57.6 Å². The molecule has 290 valence electrons. The molecule has 3 rings (SSSR count). The van der Waals surface area contributed by atoms with E-state index in [-0.39, 0.29) is 13.2 Å². The Balaban J connectivity index is 1.18. The lowest BCUT2D eigenvalue weighted by atomic mass is 10.1. The molecular weight excluding hydrogens is 672 g/mol. The lowest BCUT2D eigenvalue weighted by Gasteiger charge is -2.12. The molecule has 0 aromatic heterocycles. The van der Waals surface area contributed by atoms with Gasteiger partial charge in [-0.05, 0) is 47.2 Å². The summed E-state index contributed by atoms with van der Waals surface area (Å²) in [4.78, 5) is 0. The maximum absolute atomic E-state index is 8.71. The van der Waals surface area contributed by atoms with Crippen molar-refractivity contribution in [3.63, 3.8) is 0 Å². The van der Waals surface area contributed by atoms with Gasteiger partial charge in [-0.3, -0.25) is 0 Å². The quantitative estimate of drug-likeness (QED) is 0.0860. The van der Waals surface area contributed by atoms with Crippen molar-refractivity contribution in [3.8, 4) is 11.5 Å². The lowest BCUT2D eigenvalue weighted by molar-refractivity contribution is 0.0245. The van der Waals surface area contributed by atoms with E-state index in [0.717, 1.165) is 46.6 Å². The van der Waals surface area contributed by atoms with Gasteiger partial charge in [0.25, 0.3) is 0 Å². The molecule has 12 heteroatoms. The first-order valence-electron chi connectivity index (χ1n) is 18.1. The number of ether oxygens (including phenoxy) is 10. The maximum atomic E-state index is 8.71. The minimum absolute atomic E-state index is 0.0155. The van der Waals surface area contributed by atoms with E-state index in [1.807, 2.05) is 66.7 Å². The zero-order valence-electron chi connectivity index (χ0n) is 30.5. The van der Waals surface area contributed by atoms with Crippen molar-refractivity contribution in [3.05, 3.63) is 95.1 Å². The summed E-state index contributed by atoms with van der Waals surface area (Å²) < 4.78 is 56.4. The molecule has 0 bridgehead atoms. The van der Waals surface area contributed by atoms with Gasteiger partial charge >= 0.3 is 0 Å². The second-order valence-corrected chi connectivity index (χ2v) is 11.5. The SMILES string of the molecule is OCCOCCOCCOc1ccccc1CCOCCOCc1cccc(COCCOCCc2ccccc2OCCOCCOCCO)c1. The Kier molecular flexibility index (Phi) is 25.2. The topological polar surface area (TPSA) is 133 Å². The second kappa shape index (κ2) is 30.3. The number of hydrogen-bond acceptors (Lipinski definition) is 12. The summed E-state index contributed by atoms with van der Waals surface area (Å²) in [6.07, 6.45) is 1.48. The Morgan fingerprint density at radius 1 is 0.346 bits per heavy atom. The van der Waals surface area contributed by atoms with Crippen molar-refractivity contribution in [2.45, 2.75) is 26.1 Å². The highest BCUT2D eigenvalue weighted by Gasteiger charge is 2.06. The Labute approximate surface area is 308 Å². The molecule has 0 aliphatic heterocycles. The first-order valence-corrected chi connectivity index (χ1v) is 18.1. The molecule has 0 heterocycles. The Morgan fingerprint density at radius 2 is 0.712 bits per heavy atom. The maximum Gasteiger partial charge on any atom is 0.122 e. The molecule has 3 aromatic carbocycles. The molecule has 0 saturated heterocycles. The van der Waals surface area contributed by atoms with Crippen LogP contribution in [-0.4, -0.2) is 129 Å². The van der Waals surface area contributed by atoms with Crippen LogP contribution in [0.4, 0.5) is 0 Å². The van der Waals surface area contributed by atoms with Crippen molar-refractivity contribution in [2.24, 2.45) is 0 Å². The molecule has 0 aliphatic carbocycles. The number of rotatable bonds is 34. The van der Waals surface area contributed by atoms with Gasteiger partial charge in [0.1, 0.15) is 24.7 Å². The molecule has 0 fully saturated rings. The van der Waals surface area contributed by atoms with E-state index in [1.54, 1.807) is 0 Å². The summed E-state index contributed by atoms with van der Waals surface area (Å²) in [6.45, 7) is 8.53. The third kappa shape index (κ3) is 20.8. The van der Waals surface area contributed by atoms with Crippen LogP contribution < -0.4 is 9.47 Å². The monoisotopic (exact) mass is 730 g/mol. The van der Waals surface area contributed by atoms with Crippen LogP contribution in [0.1, 0.15) is 22.3 Å². The molecule has 0 atom stereocenters. The van der Waals surface area contributed by atoms with Gasteiger partial charge in [0.15, 0.2) is 0 Å². The molecule has 0 unspecified atom stereocenters. The molecule has 0 spiro atoms. The van der Waals surface area contributed by atoms with Crippen molar-refractivity contribution in [1.82, 2.24) is 0 Å². The standard InChI is InChI=1S/C40H58O12/c41-14-18-45-20-22-47-28-30-51-39-10-3-1-8-37(39)12-16-43-24-26-49-33-35-6-5-7-36(32-35)34-50-27-25-44-17-13-38-9-2-4-11-40(38)52-31-29-48-23-21-46-19-15-42/h1-11,32,41-42H,12-31,33-34H2. The third-order valence-electron chi connectivity index (χ3n) is 7.44. The highest BCUT2D eigenvalue weighted by atomic mass is 16.6. The van der Waals surface area contributed by atoms with Gasteiger partial charge in [0.05, 0.1) is 119 Å². The minimum Gasteiger partial charge on any atom is -0.491 e. The largest absolute Gasteiger partial charge is 0.491 e. The number of benzene rings is 3. The molecule has 0 aliphatic rings. The zero-order chi connectivity index (χ0) is 36.6. The van der Waals surface area contributed by atoms with E-state index in [0.29, 0.717) is 119 Å². The average molecular weight is 731 g/mol. The fourth-order valence-corrected chi connectivity index (χ4v) is 4.89. The van der Waals surface area contributed by atoms with Crippen LogP contribution in [0, 0.1) is 0 Å². The average Bonchev–Trinajstić information content (AvgIpc) is 3.17. The van der Waals surface area contributed by atoms with E-state index in [1.165, 1.54) is 0 Å². The lowest BCUT2D eigenvalue weighted by Crippen LogP contribution is -2.13. The third-order valence-corrected chi connectivity index (χ3v) is 7.44. The highest BCUT2D eigenvalue weighted by Crippen LogP contribution is 2.19.